The van der Waals surface area contributed by atoms with Gasteiger partial charge in [0.2, 0.25) is 0 Å². The first-order valence-corrected chi connectivity index (χ1v) is 8.47. The zero-order chi connectivity index (χ0) is 23.7. The van der Waals surface area contributed by atoms with Crippen LogP contribution in [0.4, 0.5) is 0 Å². The molecule has 0 aromatic heterocycles. The van der Waals surface area contributed by atoms with E-state index in [1.165, 1.54) is 0 Å². The molecule has 0 aliphatic carbocycles. The lowest BCUT2D eigenvalue weighted by Crippen LogP contribution is -2.27. The van der Waals surface area contributed by atoms with E-state index in [1.54, 1.807) is 13.8 Å². The molecule has 0 aliphatic rings. The molecule has 0 radical (unpaired) electrons. The van der Waals surface area contributed by atoms with Crippen LogP contribution in [0.1, 0.15) is 13.8 Å². The maximum absolute atomic E-state index is 11.6. The van der Waals surface area contributed by atoms with Gasteiger partial charge in [-0.25, -0.2) is 9.59 Å². The van der Waals surface area contributed by atoms with Gasteiger partial charge in [0.05, 0.1) is 6.61 Å². The predicted molar refractivity (Wildman–Crippen MR) is 117 cm³/mol. The second kappa shape index (κ2) is 20.2. The van der Waals surface area contributed by atoms with Crippen molar-refractivity contribution in [1.29, 1.82) is 0 Å². The predicted octanol–water partition coefficient (Wildman–Crippen LogP) is -0.492. The van der Waals surface area contributed by atoms with E-state index in [-0.39, 0.29) is 0 Å². The zero-order valence-electron chi connectivity index (χ0n) is 17.1. The Morgan fingerprint density at radius 3 is 1.41 bits per heavy atom. The SMILES string of the molecule is CC#CC#CC#CC#CC#CC(=O)OC[C@@H](CO)OC(=O)C#CC#CC#CC#CC#CC. The molecule has 0 aliphatic heterocycles. The van der Waals surface area contributed by atoms with Gasteiger partial charge in [-0.05, 0) is 109 Å². The van der Waals surface area contributed by atoms with E-state index >= 15 is 0 Å². The summed E-state index contributed by atoms with van der Waals surface area (Å²) in [7, 11) is 0. The second-order valence-electron chi connectivity index (χ2n) is 4.56. The van der Waals surface area contributed by atoms with Gasteiger partial charge in [-0.2, -0.15) is 0 Å². The lowest BCUT2D eigenvalue weighted by Gasteiger charge is -2.12. The quantitative estimate of drug-likeness (QED) is 0.380. The molecule has 1 atom stereocenters. The Bertz CT molecular complexity index is 1340. The molecule has 0 rings (SSSR count). The van der Waals surface area contributed by atoms with Crippen molar-refractivity contribution in [2.24, 2.45) is 0 Å². The minimum atomic E-state index is -1.12. The Balaban J connectivity index is 4.54. The fourth-order valence-corrected chi connectivity index (χ4v) is 1.17. The van der Waals surface area contributed by atoms with Crippen LogP contribution in [0.15, 0.2) is 0 Å². The second-order valence-corrected chi connectivity index (χ2v) is 4.56. The fourth-order valence-electron chi connectivity index (χ4n) is 1.17. The van der Waals surface area contributed by atoms with Crippen LogP contribution in [0.2, 0.25) is 0 Å². The number of hydrogen-bond donors (Lipinski definition) is 1. The molecule has 0 bridgehead atoms. The standard InChI is InChI=1S/C27H12O5/c1-3-5-7-9-11-13-15-17-19-21-26(29)31-24-25(23-28)32-27(30)22-20-18-16-14-12-10-8-6-4-2/h25,28H,23-24H2,1-2H3/t25-/m1/s1. The number of aliphatic hydroxyl groups excluding tert-OH is 1. The summed E-state index contributed by atoms with van der Waals surface area (Å²) in [6.07, 6.45) is -1.12. The van der Waals surface area contributed by atoms with Crippen molar-refractivity contribution < 1.29 is 24.2 Å². The first-order valence-electron chi connectivity index (χ1n) is 8.47. The lowest BCUT2D eigenvalue weighted by molar-refractivity contribution is -0.153. The summed E-state index contributed by atoms with van der Waals surface area (Å²) in [6, 6.07) is 0. The highest BCUT2D eigenvalue weighted by Crippen LogP contribution is 1.94. The van der Waals surface area contributed by atoms with Crippen molar-refractivity contribution in [3.8, 4) is 118 Å². The van der Waals surface area contributed by atoms with Crippen LogP contribution < -0.4 is 0 Å². The number of esters is 2. The molecule has 0 aromatic rings. The molecule has 0 spiro atoms. The van der Waals surface area contributed by atoms with Crippen molar-refractivity contribution in [2.45, 2.75) is 20.0 Å². The van der Waals surface area contributed by atoms with Crippen molar-refractivity contribution >= 4 is 11.9 Å². The Kier molecular flexibility index (Phi) is 16.8. The van der Waals surface area contributed by atoms with Crippen molar-refractivity contribution in [3.63, 3.8) is 0 Å². The van der Waals surface area contributed by atoms with Gasteiger partial charge in [0.15, 0.2) is 6.10 Å². The molecule has 0 amide bonds. The third-order valence-electron chi connectivity index (χ3n) is 2.33. The first kappa shape index (κ1) is 26.5. The lowest BCUT2D eigenvalue weighted by atomic mass is 10.4. The number of rotatable bonds is 4. The van der Waals surface area contributed by atoms with Crippen LogP contribution in [0.25, 0.3) is 0 Å². The van der Waals surface area contributed by atoms with Gasteiger partial charge in [-0.15, -0.1) is 0 Å². The van der Waals surface area contributed by atoms with Crippen molar-refractivity contribution in [1.82, 2.24) is 0 Å². The normalized spacial score (nSPS) is 6.97. The average molecular weight is 416 g/mol. The summed E-state index contributed by atoms with van der Waals surface area (Å²) in [5, 5.41) is 9.19. The van der Waals surface area contributed by atoms with Crippen molar-refractivity contribution in [2.75, 3.05) is 13.2 Å². The first-order chi connectivity index (χ1) is 15.6. The molecule has 5 heteroatoms. The van der Waals surface area contributed by atoms with Gasteiger partial charge in [0.25, 0.3) is 0 Å². The maximum Gasteiger partial charge on any atom is 0.385 e. The average Bonchev–Trinajstić information content (AvgIpc) is 2.79. The van der Waals surface area contributed by atoms with Crippen LogP contribution in [0.3, 0.4) is 0 Å². The number of carbonyl (C=O) groups is 2. The summed E-state index contributed by atoms with van der Waals surface area (Å²) in [5.41, 5.74) is 0. The summed E-state index contributed by atoms with van der Waals surface area (Å²) < 4.78 is 9.58. The molecule has 0 saturated carbocycles. The number of aliphatic hydroxyl groups is 1. The minimum absolute atomic E-state index is 0.421. The van der Waals surface area contributed by atoms with E-state index in [0.29, 0.717) is 0 Å². The highest BCUT2D eigenvalue weighted by Gasteiger charge is 2.14. The third kappa shape index (κ3) is 17.9. The Morgan fingerprint density at radius 2 is 1.00 bits per heavy atom. The highest BCUT2D eigenvalue weighted by molar-refractivity contribution is 5.90. The third-order valence-corrected chi connectivity index (χ3v) is 2.33. The van der Waals surface area contributed by atoms with E-state index in [4.69, 9.17) is 9.47 Å². The fraction of sp³-hybridized carbons (Fsp3) is 0.185. The van der Waals surface area contributed by atoms with Gasteiger partial charge in [-0.3, -0.25) is 0 Å². The highest BCUT2D eigenvalue weighted by atomic mass is 16.6. The van der Waals surface area contributed by atoms with E-state index in [2.05, 4.69) is 118 Å². The van der Waals surface area contributed by atoms with E-state index in [9.17, 15) is 14.7 Å². The molecule has 0 unspecified atom stereocenters. The Morgan fingerprint density at radius 1 is 0.625 bits per heavy atom. The summed E-state index contributed by atoms with van der Waals surface area (Å²) in [6.45, 7) is 2.28. The Hall–Kier alpha value is -5.50. The summed E-state index contributed by atoms with van der Waals surface area (Å²) in [4.78, 5) is 23.0. The van der Waals surface area contributed by atoms with Crippen LogP contribution in [0, 0.1) is 118 Å². The maximum atomic E-state index is 11.6. The van der Waals surface area contributed by atoms with Crippen LogP contribution in [0.5, 0.6) is 0 Å². The van der Waals surface area contributed by atoms with Crippen LogP contribution in [-0.4, -0.2) is 36.4 Å². The monoisotopic (exact) mass is 416 g/mol. The molecule has 0 saturated heterocycles. The topological polar surface area (TPSA) is 72.8 Å². The molecular formula is C27H12O5. The smallest absolute Gasteiger partial charge is 0.385 e. The largest absolute Gasteiger partial charge is 0.452 e. The number of ether oxygens (including phenoxy) is 2. The number of hydrogen-bond acceptors (Lipinski definition) is 5. The van der Waals surface area contributed by atoms with E-state index in [0.717, 1.165) is 0 Å². The molecule has 0 heterocycles. The molecule has 0 fully saturated rings. The minimum Gasteiger partial charge on any atom is -0.452 e. The van der Waals surface area contributed by atoms with E-state index in [1.807, 2.05) is 0 Å². The van der Waals surface area contributed by atoms with Crippen LogP contribution >= 0.6 is 0 Å². The Labute approximate surface area is 188 Å². The molecule has 32 heavy (non-hydrogen) atoms. The van der Waals surface area contributed by atoms with Gasteiger partial charge >= 0.3 is 11.9 Å². The van der Waals surface area contributed by atoms with Crippen LogP contribution in [-0.2, 0) is 19.1 Å². The molecular weight excluding hydrogens is 404 g/mol. The number of carbonyl (C=O) groups excluding carboxylic acids is 2. The van der Waals surface area contributed by atoms with Gasteiger partial charge in [0.1, 0.15) is 6.61 Å². The van der Waals surface area contributed by atoms with Gasteiger partial charge < -0.3 is 14.6 Å². The van der Waals surface area contributed by atoms with Crippen molar-refractivity contribution in [3.05, 3.63) is 0 Å². The zero-order valence-corrected chi connectivity index (χ0v) is 17.1. The molecule has 0 aromatic carbocycles. The summed E-state index contributed by atoms with van der Waals surface area (Å²) >= 11 is 0. The van der Waals surface area contributed by atoms with Gasteiger partial charge in [-0.1, -0.05) is 11.8 Å². The van der Waals surface area contributed by atoms with Gasteiger partial charge in [0, 0.05) is 11.8 Å². The summed E-state index contributed by atoms with van der Waals surface area (Å²) in [5.74, 6) is 45.7. The van der Waals surface area contributed by atoms with E-state index < -0.39 is 31.3 Å². The molecule has 150 valence electrons. The molecule has 1 N–H and O–H groups in total. The molecule has 5 nitrogen and oxygen atoms in total.